The van der Waals surface area contributed by atoms with Crippen molar-refractivity contribution in [3.8, 4) is 0 Å². The van der Waals surface area contributed by atoms with Crippen LogP contribution in [-0.2, 0) is 4.79 Å². The number of pyridine rings is 1. The first-order chi connectivity index (χ1) is 17.3. The van der Waals surface area contributed by atoms with Crippen LogP contribution in [0.15, 0.2) is 34.9 Å². The van der Waals surface area contributed by atoms with Gasteiger partial charge in [0.25, 0.3) is 0 Å². The molecule has 3 heterocycles. The van der Waals surface area contributed by atoms with E-state index in [1.807, 2.05) is 41.3 Å². The number of carbonyl (C=O) groups is 2. The Morgan fingerprint density at radius 1 is 1.03 bits per heavy atom. The average molecular weight is 574 g/mol. The third-order valence-corrected chi connectivity index (χ3v) is 8.61. The summed E-state index contributed by atoms with van der Waals surface area (Å²) in [5.41, 5.74) is 9.16. The average Bonchev–Trinajstić information content (AvgIpc) is 3.01. The number of hydrogen-bond donors (Lipinski definition) is 1. The lowest BCUT2D eigenvalue weighted by Crippen LogP contribution is -2.44. The number of hydrogen-bond acceptors (Lipinski definition) is 3. The fraction of sp³-hybridized carbons (Fsp3) is 0.444. The second kappa shape index (κ2) is 10.4. The van der Waals surface area contributed by atoms with Gasteiger partial charge in [-0.15, -0.1) is 0 Å². The van der Waals surface area contributed by atoms with E-state index in [-0.39, 0.29) is 23.8 Å². The number of primary amides is 1. The molecule has 1 aliphatic carbocycles. The Balaban J connectivity index is 1.31. The van der Waals surface area contributed by atoms with Crippen molar-refractivity contribution in [2.75, 3.05) is 26.2 Å². The van der Waals surface area contributed by atoms with Gasteiger partial charge in [0.05, 0.1) is 10.4 Å². The smallest absolute Gasteiger partial charge is 0.314 e. The van der Waals surface area contributed by atoms with Crippen LogP contribution in [0.3, 0.4) is 0 Å². The zero-order chi connectivity index (χ0) is 25.4. The summed E-state index contributed by atoms with van der Waals surface area (Å²) in [4.78, 5) is 28.1. The van der Waals surface area contributed by atoms with Gasteiger partial charge >= 0.3 is 6.03 Å². The summed E-state index contributed by atoms with van der Waals surface area (Å²) in [5, 5.41) is 13.8. The van der Waals surface area contributed by atoms with E-state index in [1.54, 1.807) is 11.1 Å². The lowest BCUT2D eigenvalue weighted by Gasteiger charge is -2.37. The molecule has 190 valence electrons. The number of urea groups is 1. The number of benzene rings is 1. The molecule has 2 N–H and O–H groups in total. The van der Waals surface area contributed by atoms with Gasteiger partial charge in [0.1, 0.15) is 0 Å². The molecule has 1 atom stereocenters. The third-order valence-electron chi connectivity index (χ3n) is 7.94. The second-order valence-electron chi connectivity index (χ2n) is 10.1. The predicted octanol–water partition coefficient (Wildman–Crippen LogP) is 4.77. The number of rotatable bonds is 3. The highest BCUT2D eigenvalue weighted by molar-refractivity contribution is 9.10. The van der Waals surface area contributed by atoms with Crippen molar-refractivity contribution in [3.05, 3.63) is 67.5 Å². The molecule has 2 saturated heterocycles. The molecule has 2 fully saturated rings. The molecule has 36 heavy (non-hydrogen) atoms. The highest BCUT2D eigenvalue weighted by atomic mass is 79.9. The van der Waals surface area contributed by atoms with Crippen molar-refractivity contribution in [2.24, 2.45) is 17.6 Å². The van der Waals surface area contributed by atoms with Crippen molar-refractivity contribution in [1.82, 2.24) is 9.80 Å². The van der Waals surface area contributed by atoms with E-state index in [0.29, 0.717) is 43.5 Å². The molecule has 2 aliphatic heterocycles. The summed E-state index contributed by atoms with van der Waals surface area (Å²) in [6.45, 7) is 2.61. The van der Waals surface area contributed by atoms with Gasteiger partial charge in [0, 0.05) is 43.2 Å². The van der Waals surface area contributed by atoms with Crippen LogP contribution in [0.25, 0.3) is 12.2 Å². The Labute approximate surface area is 224 Å². The Morgan fingerprint density at radius 2 is 1.69 bits per heavy atom. The molecule has 5 rings (SSSR count). The van der Waals surface area contributed by atoms with E-state index in [2.05, 4.69) is 15.9 Å². The van der Waals surface area contributed by atoms with Gasteiger partial charge in [-0.1, -0.05) is 23.7 Å². The largest absolute Gasteiger partial charge is 0.618 e. The number of carbonyl (C=O) groups excluding carboxylic acids is 2. The van der Waals surface area contributed by atoms with E-state index in [0.717, 1.165) is 57.3 Å². The fourth-order valence-electron chi connectivity index (χ4n) is 6.01. The number of piperidine rings is 2. The Bertz CT molecular complexity index is 1200. The molecule has 2 aromatic rings. The molecular formula is C27H30BrClN4O3. The van der Waals surface area contributed by atoms with Crippen molar-refractivity contribution < 1.29 is 14.3 Å². The molecule has 9 heteroatoms. The molecule has 7 nitrogen and oxygen atoms in total. The number of aromatic nitrogens is 1. The lowest BCUT2D eigenvalue weighted by molar-refractivity contribution is -0.616. The predicted molar refractivity (Wildman–Crippen MR) is 143 cm³/mol. The number of amides is 3. The highest BCUT2D eigenvalue weighted by Crippen LogP contribution is 2.43. The van der Waals surface area contributed by atoms with Crippen molar-refractivity contribution in [1.29, 1.82) is 0 Å². The summed E-state index contributed by atoms with van der Waals surface area (Å²) < 4.78 is 1.74. The van der Waals surface area contributed by atoms with Crippen LogP contribution in [0, 0.1) is 17.0 Å². The van der Waals surface area contributed by atoms with Gasteiger partial charge in [-0.25, -0.2) is 4.79 Å². The third kappa shape index (κ3) is 5.11. The summed E-state index contributed by atoms with van der Waals surface area (Å²) in [5.74, 6) is 0.625. The van der Waals surface area contributed by atoms with Crippen LogP contribution in [0.2, 0.25) is 5.02 Å². The second-order valence-corrected chi connectivity index (χ2v) is 11.5. The molecule has 1 aromatic heterocycles. The normalized spacial score (nSPS) is 20.6. The number of nitrogens with zero attached hydrogens (tertiary/aromatic N) is 3. The molecule has 1 aromatic carbocycles. The molecule has 3 amide bonds. The van der Waals surface area contributed by atoms with Crippen LogP contribution >= 0.6 is 27.5 Å². The summed E-state index contributed by atoms with van der Waals surface area (Å²) in [6, 6.07) is 7.50. The monoisotopic (exact) mass is 572 g/mol. The quantitative estimate of drug-likeness (QED) is 0.423. The molecule has 0 bridgehead atoms. The maximum atomic E-state index is 13.2. The van der Waals surface area contributed by atoms with E-state index in [4.69, 9.17) is 17.3 Å². The molecule has 1 unspecified atom stereocenters. The number of likely N-dealkylation sites (tertiary alicyclic amines) is 2. The number of halogens is 2. The molecule has 0 radical (unpaired) electrons. The van der Waals surface area contributed by atoms with Crippen LogP contribution in [0.5, 0.6) is 0 Å². The number of fused-ring (bicyclic) bond motifs is 2. The Morgan fingerprint density at radius 3 is 2.39 bits per heavy atom. The van der Waals surface area contributed by atoms with Crippen LogP contribution in [-0.4, -0.2) is 47.9 Å². The zero-order valence-corrected chi connectivity index (χ0v) is 22.4. The minimum atomic E-state index is -0.382. The van der Waals surface area contributed by atoms with E-state index < -0.39 is 0 Å². The zero-order valence-electron chi connectivity index (χ0n) is 20.0. The number of nitrogens with two attached hydrogens (primary N) is 1. The van der Waals surface area contributed by atoms with Crippen LogP contribution in [0.1, 0.15) is 60.4 Å². The highest BCUT2D eigenvalue weighted by Gasteiger charge is 2.38. The van der Waals surface area contributed by atoms with Gasteiger partial charge in [-0.3, -0.25) is 4.79 Å². The molecule has 0 saturated carbocycles. The van der Waals surface area contributed by atoms with Crippen molar-refractivity contribution >= 4 is 51.6 Å². The van der Waals surface area contributed by atoms with Gasteiger partial charge in [0.15, 0.2) is 6.20 Å². The van der Waals surface area contributed by atoms with Crippen LogP contribution < -0.4 is 10.5 Å². The maximum Gasteiger partial charge on any atom is 0.314 e. The Kier molecular flexibility index (Phi) is 7.26. The first-order valence-corrected chi connectivity index (χ1v) is 13.7. The van der Waals surface area contributed by atoms with E-state index >= 15 is 0 Å². The van der Waals surface area contributed by atoms with Crippen molar-refractivity contribution in [3.63, 3.8) is 0 Å². The van der Waals surface area contributed by atoms with E-state index in [9.17, 15) is 14.8 Å². The Hall–Kier alpha value is -2.58. The summed E-state index contributed by atoms with van der Waals surface area (Å²) in [6.07, 6.45) is 9.40. The maximum absolute atomic E-state index is 13.2. The first-order valence-electron chi connectivity index (χ1n) is 12.5. The SMILES string of the molecule is NC(=O)N1CCC(CC(=O)N2CCC(C3c4ccc(Cl)cc4C=Cc4cc(Br)c[n+]([O-])c43)CC2)CC1. The van der Waals surface area contributed by atoms with Gasteiger partial charge < -0.3 is 20.7 Å². The van der Waals surface area contributed by atoms with Gasteiger partial charge in [0.2, 0.25) is 11.6 Å². The summed E-state index contributed by atoms with van der Waals surface area (Å²) in [7, 11) is 0. The van der Waals surface area contributed by atoms with Crippen LogP contribution in [0.4, 0.5) is 4.79 Å². The van der Waals surface area contributed by atoms with Crippen molar-refractivity contribution in [2.45, 2.75) is 38.0 Å². The summed E-state index contributed by atoms with van der Waals surface area (Å²) >= 11 is 9.77. The standard InChI is InChI=1S/C27H30BrClN4O3/c28-21-14-20-2-1-19-15-22(29)3-4-23(19)25(26(20)33(36)16-21)18-7-11-31(12-8-18)24(34)13-17-5-9-32(10-6-17)27(30)35/h1-4,14-18,25H,5-13H2,(H2,30,35). The first kappa shape index (κ1) is 25.1. The van der Waals surface area contributed by atoms with Gasteiger partial charge in [-0.05, 0) is 88.9 Å². The van der Waals surface area contributed by atoms with E-state index in [1.165, 1.54) is 0 Å². The minimum Gasteiger partial charge on any atom is -0.618 e. The molecule has 0 spiro atoms. The fourth-order valence-corrected chi connectivity index (χ4v) is 6.62. The van der Waals surface area contributed by atoms with Gasteiger partial charge in [-0.2, -0.15) is 4.73 Å². The molecular weight excluding hydrogens is 544 g/mol. The lowest BCUT2D eigenvalue weighted by atomic mass is 9.76. The topological polar surface area (TPSA) is 93.6 Å². The minimum absolute atomic E-state index is 0.0803. The molecule has 3 aliphatic rings.